The molecule has 140 valence electrons. The molecule has 0 radical (unpaired) electrons. The van der Waals surface area contributed by atoms with Crippen molar-refractivity contribution in [3.05, 3.63) is 35.9 Å². The number of carbonyl (C=O) groups is 1. The number of benzene rings is 1. The third kappa shape index (κ3) is 4.20. The van der Waals surface area contributed by atoms with Crippen molar-refractivity contribution in [1.82, 2.24) is 15.0 Å². The van der Waals surface area contributed by atoms with E-state index >= 15 is 0 Å². The van der Waals surface area contributed by atoms with Crippen molar-refractivity contribution >= 4 is 6.09 Å². The Morgan fingerprint density at radius 1 is 1.27 bits per heavy atom. The maximum atomic E-state index is 13.1. The summed E-state index contributed by atoms with van der Waals surface area (Å²) in [7, 11) is 0. The lowest BCUT2D eigenvalue weighted by Gasteiger charge is -2.37. The van der Waals surface area contributed by atoms with Crippen LogP contribution in [0.15, 0.2) is 28.8 Å². The number of amides is 1. The van der Waals surface area contributed by atoms with Crippen molar-refractivity contribution in [1.29, 1.82) is 0 Å². The Bertz CT molecular complexity index is 767. The largest absolute Gasteiger partial charge is 0.444 e. The number of aromatic nitrogens is 2. The van der Waals surface area contributed by atoms with E-state index in [9.17, 15) is 9.18 Å². The van der Waals surface area contributed by atoms with Crippen molar-refractivity contribution in [2.75, 3.05) is 6.54 Å². The zero-order valence-electron chi connectivity index (χ0n) is 15.5. The van der Waals surface area contributed by atoms with Crippen LogP contribution >= 0.6 is 0 Å². The first kappa shape index (κ1) is 18.4. The Kier molecular flexibility index (Phi) is 4.98. The summed E-state index contributed by atoms with van der Waals surface area (Å²) in [6.07, 6.45) is 1.38. The fourth-order valence-electron chi connectivity index (χ4n) is 3.00. The predicted molar refractivity (Wildman–Crippen MR) is 94.1 cm³/mol. The molecule has 26 heavy (non-hydrogen) atoms. The zero-order valence-corrected chi connectivity index (χ0v) is 15.5. The molecular weight excluding hydrogens is 337 g/mol. The van der Waals surface area contributed by atoms with Crippen molar-refractivity contribution < 1.29 is 18.4 Å². The molecule has 1 aromatic carbocycles. The predicted octanol–water partition coefficient (Wildman–Crippen LogP) is 4.38. The van der Waals surface area contributed by atoms with Gasteiger partial charge in [-0.05, 0) is 64.8 Å². The molecule has 1 aromatic heterocycles. The summed E-state index contributed by atoms with van der Waals surface area (Å²) in [4.78, 5) is 18.6. The molecular formula is C19H24FN3O3. The second-order valence-electron chi connectivity index (χ2n) is 7.72. The summed E-state index contributed by atoms with van der Waals surface area (Å²) >= 11 is 0. The number of ether oxygens (including phenoxy) is 1. The van der Waals surface area contributed by atoms with Crippen molar-refractivity contribution in [2.24, 2.45) is 0 Å². The van der Waals surface area contributed by atoms with E-state index in [0.29, 0.717) is 23.8 Å². The van der Waals surface area contributed by atoms with Crippen LogP contribution in [-0.2, 0) is 4.74 Å². The van der Waals surface area contributed by atoms with E-state index in [-0.39, 0.29) is 23.9 Å². The fourth-order valence-corrected chi connectivity index (χ4v) is 3.00. The monoisotopic (exact) mass is 361 g/mol. The highest BCUT2D eigenvalue weighted by atomic mass is 19.1. The van der Waals surface area contributed by atoms with Gasteiger partial charge < -0.3 is 14.2 Å². The lowest BCUT2D eigenvalue weighted by Crippen LogP contribution is -2.47. The van der Waals surface area contributed by atoms with Crippen LogP contribution in [-0.4, -0.2) is 39.3 Å². The lowest BCUT2D eigenvalue weighted by atomic mass is 9.93. The van der Waals surface area contributed by atoms with E-state index in [1.165, 1.54) is 12.1 Å². The van der Waals surface area contributed by atoms with Crippen LogP contribution in [0, 0.1) is 5.82 Å². The molecule has 1 aliphatic heterocycles. The Hall–Kier alpha value is -2.44. The number of rotatable bonds is 2. The Morgan fingerprint density at radius 2 is 1.96 bits per heavy atom. The lowest BCUT2D eigenvalue weighted by molar-refractivity contribution is 0.00928. The van der Waals surface area contributed by atoms with Crippen LogP contribution in [0.1, 0.15) is 52.3 Å². The van der Waals surface area contributed by atoms with Crippen LogP contribution in [0.4, 0.5) is 9.18 Å². The van der Waals surface area contributed by atoms with E-state index in [2.05, 4.69) is 10.1 Å². The number of nitrogens with zero attached hydrogens (tertiary/aromatic N) is 3. The van der Waals surface area contributed by atoms with Gasteiger partial charge >= 0.3 is 6.09 Å². The second kappa shape index (κ2) is 7.05. The van der Waals surface area contributed by atoms with Gasteiger partial charge in [0.05, 0.1) is 0 Å². The van der Waals surface area contributed by atoms with Crippen LogP contribution in [0.3, 0.4) is 0 Å². The molecule has 0 unspecified atom stereocenters. The van der Waals surface area contributed by atoms with E-state index in [1.807, 2.05) is 27.7 Å². The molecule has 2 aromatic rings. The number of carbonyl (C=O) groups excluding carboxylic acids is 1. The Balaban J connectivity index is 1.73. The van der Waals surface area contributed by atoms with Gasteiger partial charge in [0.2, 0.25) is 0 Å². The van der Waals surface area contributed by atoms with Crippen molar-refractivity contribution in [2.45, 2.75) is 58.1 Å². The quantitative estimate of drug-likeness (QED) is 0.794. The van der Waals surface area contributed by atoms with Gasteiger partial charge in [-0.1, -0.05) is 5.16 Å². The summed E-state index contributed by atoms with van der Waals surface area (Å²) in [6.45, 7) is 8.06. The van der Waals surface area contributed by atoms with E-state index in [0.717, 1.165) is 12.8 Å². The average Bonchev–Trinajstić information content (AvgIpc) is 3.04. The minimum Gasteiger partial charge on any atom is -0.444 e. The fraction of sp³-hybridized carbons (Fsp3) is 0.526. The van der Waals surface area contributed by atoms with Crippen LogP contribution in [0.25, 0.3) is 11.5 Å². The third-order valence-corrected chi connectivity index (χ3v) is 4.41. The normalized spacial score (nSPS) is 20.9. The summed E-state index contributed by atoms with van der Waals surface area (Å²) in [5.74, 6) is 0.576. The zero-order chi connectivity index (χ0) is 18.9. The summed E-state index contributed by atoms with van der Waals surface area (Å²) in [6, 6.07) is 6.01. The number of likely N-dealkylation sites (tertiary alicyclic amines) is 1. The Labute approximate surface area is 152 Å². The highest BCUT2D eigenvalue weighted by molar-refractivity contribution is 5.68. The standard InChI is InChI=1S/C19H24FN3O3/c1-12-5-6-14(11-23(12)18(24)25-19(2,3)4)16-21-17(26-22-16)13-7-9-15(20)10-8-13/h7-10,12,14H,5-6,11H2,1-4H3/t12-,14+/m0/s1. The minimum absolute atomic E-state index is 0.0170. The number of hydrogen-bond donors (Lipinski definition) is 0. The maximum Gasteiger partial charge on any atom is 0.410 e. The van der Waals surface area contributed by atoms with Crippen molar-refractivity contribution in [3.8, 4) is 11.5 Å². The topological polar surface area (TPSA) is 68.5 Å². The molecule has 2 heterocycles. The van der Waals surface area contributed by atoms with Crippen molar-refractivity contribution in [3.63, 3.8) is 0 Å². The van der Waals surface area contributed by atoms with Gasteiger partial charge in [-0.3, -0.25) is 0 Å². The maximum absolute atomic E-state index is 13.1. The van der Waals surface area contributed by atoms with Gasteiger partial charge in [0.1, 0.15) is 11.4 Å². The third-order valence-electron chi connectivity index (χ3n) is 4.41. The Morgan fingerprint density at radius 3 is 2.62 bits per heavy atom. The van der Waals surface area contributed by atoms with E-state index in [4.69, 9.17) is 9.26 Å². The van der Waals surface area contributed by atoms with Gasteiger partial charge in [0.15, 0.2) is 5.82 Å². The second-order valence-corrected chi connectivity index (χ2v) is 7.72. The van der Waals surface area contributed by atoms with E-state index < -0.39 is 5.60 Å². The van der Waals surface area contributed by atoms with Crippen LogP contribution < -0.4 is 0 Å². The van der Waals surface area contributed by atoms with Gasteiger partial charge in [-0.25, -0.2) is 9.18 Å². The molecule has 0 spiro atoms. The van der Waals surface area contributed by atoms with Gasteiger partial charge in [0, 0.05) is 24.1 Å². The minimum atomic E-state index is -0.536. The average molecular weight is 361 g/mol. The molecule has 6 nitrogen and oxygen atoms in total. The van der Waals surface area contributed by atoms with Gasteiger partial charge in [-0.2, -0.15) is 4.98 Å². The molecule has 1 amide bonds. The molecule has 3 rings (SSSR count). The molecule has 1 fully saturated rings. The molecule has 0 aliphatic carbocycles. The number of halogens is 1. The first-order valence-electron chi connectivity index (χ1n) is 8.82. The highest BCUT2D eigenvalue weighted by Gasteiger charge is 2.34. The molecule has 0 bridgehead atoms. The van der Waals surface area contributed by atoms with Crippen LogP contribution in [0.5, 0.6) is 0 Å². The number of piperidine rings is 1. The molecule has 7 heteroatoms. The molecule has 0 N–H and O–H groups in total. The van der Waals surface area contributed by atoms with Gasteiger partial charge in [-0.15, -0.1) is 0 Å². The summed E-state index contributed by atoms with van der Waals surface area (Å²) in [5.41, 5.74) is 0.129. The molecule has 0 saturated carbocycles. The SMILES string of the molecule is C[C@H]1CC[C@@H](c2noc(-c3ccc(F)cc3)n2)CN1C(=O)OC(C)(C)C. The summed E-state index contributed by atoms with van der Waals surface area (Å²) in [5, 5.41) is 4.07. The molecule has 1 aliphatic rings. The first-order valence-corrected chi connectivity index (χ1v) is 8.82. The first-order chi connectivity index (χ1) is 12.2. The van der Waals surface area contributed by atoms with E-state index in [1.54, 1.807) is 17.0 Å². The van der Waals surface area contributed by atoms with Crippen LogP contribution in [0.2, 0.25) is 0 Å². The summed E-state index contributed by atoms with van der Waals surface area (Å²) < 4.78 is 23.9. The highest BCUT2D eigenvalue weighted by Crippen LogP contribution is 2.31. The smallest absolute Gasteiger partial charge is 0.410 e. The number of hydrogen-bond acceptors (Lipinski definition) is 5. The van der Waals surface area contributed by atoms with Gasteiger partial charge in [0.25, 0.3) is 5.89 Å². The molecule has 2 atom stereocenters. The molecule has 1 saturated heterocycles.